The van der Waals surface area contributed by atoms with E-state index in [1.807, 2.05) is 0 Å². The van der Waals surface area contributed by atoms with Crippen LogP contribution < -0.4 is 0 Å². The second kappa shape index (κ2) is 5.16. The van der Waals surface area contributed by atoms with E-state index in [1.54, 1.807) is 6.07 Å². The number of hydrogen-bond donors (Lipinski definition) is 1. The first-order chi connectivity index (χ1) is 8.96. The van der Waals surface area contributed by atoms with Gasteiger partial charge >= 0.3 is 5.97 Å². The van der Waals surface area contributed by atoms with Crippen molar-refractivity contribution < 1.29 is 18.3 Å². The lowest BCUT2D eigenvalue weighted by Gasteiger charge is -2.19. The largest absolute Gasteiger partial charge is 0.480 e. The average molecular weight is 299 g/mol. The molecular weight excluding hydrogens is 290 g/mol. The van der Waals surface area contributed by atoms with E-state index < -0.39 is 22.0 Å². The van der Waals surface area contributed by atoms with E-state index in [2.05, 4.69) is 4.98 Å². The molecular formula is C10H9N3O4S2. The number of thioether (sulfide) groups is 1. The molecule has 7 nitrogen and oxygen atoms in total. The van der Waals surface area contributed by atoms with E-state index in [1.165, 1.54) is 23.9 Å². The van der Waals surface area contributed by atoms with Crippen LogP contribution in [0.1, 0.15) is 5.69 Å². The second-order valence-corrected chi connectivity index (χ2v) is 6.63. The summed E-state index contributed by atoms with van der Waals surface area (Å²) in [5.74, 6) is -0.854. The molecule has 1 aromatic rings. The zero-order valence-electron chi connectivity index (χ0n) is 9.55. The van der Waals surface area contributed by atoms with Crippen LogP contribution in [0.3, 0.4) is 0 Å². The van der Waals surface area contributed by atoms with Crippen molar-refractivity contribution in [3.8, 4) is 6.07 Å². The Balaban J connectivity index is 2.36. The number of aliphatic carboxylic acids is 1. The summed E-state index contributed by atoms with van der Waals surface area (Å²) in [6.45, 7) is 0. The molecule has 0 amide bonds. The van der Waals surface area contributed by atoms with Crippen molar-refractivity contribution in [1.29, 1.82) is 5.26 Å². The first-order valence-corrected chi connectivity index (χ1v) is 7.75. The van der Waals surface area contributed by atoms with Crippen LogP contribution in [0.15, 0.2) is 23.2 Å². The third-order valence-corrected chi connectivity index (χ3v) is 5.60. The maximum atomic E-state index is 12.3. The Morgan fingerprint density at radius 3 is 2.84 bits per heavy atom. The van der Waals surface area contributed by atoms with Gasteiger partial charge in [0.2, 0.25) is 10.0 Å². The highest BCUT2D eigenvalue weighted by molar-refractivity contribution is 8.00. The van der Waals surface area contributed by atoms with Gasteiger partial charge in [-0.3, -0.25) is 4.79 Å². The van der Waals surface area contributed by atoms with Gasteiger partial charge in [-0.25, -0.2) is 13.4 Å². The molecule has 9 heteroatoms. The third kappa shape index (κ3) is 2.56. The van der Waals surface area contributed by atoms with Crippen LogP contribution in [0.2, 0.25) is 0 Å². The van der Waals surface area contributed by atoms with Crippen molar-refractivity contribution in [1.82, 2.24) is 9.29 Å². The number of carboxylic acid groups (broad SMARTS) is 1. The van der Waals surface area contributed by atoms with Crippen molar-refractivity contribution >= 4 is 27.8 Å². The molecule has 1 aliphatic rings. The summed E-state index contributed by atoms with van der Waals surface area (Å²) in [6.07, 6.45) is 1.07. The van der Waals surface area contributed by atoms with Gasteiger partial charge in [0.1, 0.15) is 22.7 Å². The number of nitriles is 1. The fourth-order valence-electron chi connectivity index (χ4n) is 1.59. The number of aromatic nitrogens is 1. The number of carbonyl (C=O) groups is 1. The Morgan fingerprint density at radius 1 is 1.58 bits per heavy atom. The monoisotopic (exact) mass is 299 g/mol. The molecule has 1 N–H and O–H groups in total. The number of sulfonamides is 1. The first-order valence-electron chi connectivity index (χ1n) is 5.15. The molecule has 0 unspecified atom stereocenters. The summed E-state index contributed by atoms with van der Waals surface area (Å²) in [7, 11) is -3.90. The zero-order valence-corrected chi connectivity index (χ0v) is 11.2. The molecule has 100 valence electrons. The van der Waals surface area contributed by atoms with Crippen molar-refractivity contribution in [2.75, 3.05) is 11.6 Å². The van der Waals surface area contributed by atoms with Crippen LogP contribution in [-0.4, -0.2) is 46.5 Å². The third-order valence-electron chi connectivity index (χ3n) is 2.58. The predicted molar refractivity (Wildman–Crippen MR) is 66.7 cm³/mol. The molecule has 19 heavy (non-hydrogen) atoms. The van der Waals surface area contributed by atoms with Gasteiger partial charge in [-0.05, 0) is 12.1 Å². The molecule has 2 heterocycles. The van der Waals surface area contributed by atoms with E-state index >= 15 is 0 Å². The van der Waals surface area contributed by atoms with Gasteiger partial charge in [0.05, 0.1) is 5.88 Å². The van der Waals surface area contributed by atoms with Gasteiger partial charge in [0.15, 0.2) is 0 Å². The van der Waals surface area contributed by atoms with E-state index in [0.29, 0.717) is 0 Å². The van der Waals surface area contributed by atoms with Gasteiger partial charge < -0.3 is 5.11 Å². The lowest BCUT2D eigenvalue weighted by Crippen LogP contribution is -2.41. The van der Waals surface area contributed by atoms with Crippen molar-refractivity contribution in [2.24, 2.45) is 0 Å². The van der Waals surface area contributed by atoms with E-state index in [4.69, 9.17) is 10.4 Å². The molecule has 0 spiro atoms. The van der Waals surface area contributed by atoms with Gasteiger partial charge in [-0.1, -0.05) is 0 Å². The molecule has 0 aromatic carbocycles. The number of rotatable bonds is 3. The molecule has 1 fully saturated rings. The van der Waals surface area contributed by atoms with Crippen molar-refractivity contribution in [3.05, 3.63) is 24.0 Å². The maximum Gasteiger partial charge on any atom is 0.322 e. The van der Waals surface area contributed by atoms with Crippen LogP contribution in [-0.2, 0) is 14.8 Å². The van der Waals surface area contributed by atoms with Crippen molar-refractivity contribution in [2.45, 2.75) is 10.9 Å². The van der Waals surface area contributed by atoms with Gasteiger partial charge in [-0.2, -0.15) is 9.57 Å². The molecule has 1 atom stereocenters. The van der Waals surface area contributed by atoms with Crippen LogP contribution in [0.25, 0.3) is 0 Å². The molecule has 0 aliphatic carbocycles. The van der Waals surface area contributed by atoms with E-state index in [-0.39, 0.29) is 22.2 Å². The Labute approximate surface area is 113 Å². The highest BCUT2D eigenvalue weighted by Gasteiger charge is 2.40. The zero-order chi connectivity index (χ0) is 14.0. The average Bonchev–Trinajstić information content (AvgIpc) is 2.89. The predicted octanol–water partition coefficient (Wildman–Crippen LogP) is 0.101. The standard InChI is InChI=1S/C10H9N3O4S2/c11-3-7-1-2-8(4-12-7)19(16,17)13-6-18-5-9(13)10(14)15/h1-2,4,9H,5-6H2,(H,14,15)/t9-/m0/s1. The van der Waals surface area contributed by atoms with Gasteiger partial charge in [0.25, 0.3) is 0 Å². The Kier molecular flexibility index (Phi) is 3.75. The minimum atomic E-state index is -3.90. The molecule has 1 aromatic heterocycles. The molecule has 0 radical (unpaired) electrons. The smallest absolute Gasteiger partial charge is 0.322 e. The fourth-order valence-corrected chi connectivity index (χ4v) is 4.67. The number of nitrogens with zero attached hydrogens (tertiary/aromatic N) is 3. The van der Waals surface area contributed by atoms with E-state index in [0.717, 1.165) is 10.5 Å². The molecule has 0 saturated carbocycles. The maximum absolute atomic E-state index is 12.3. The fraction of sp³-hybridized carbons (Fsp3) is 0.300. The summed E-state index contributed by atoms with van der Waals surface area (Å²) < 4.78 is 25.5. The van der Waals surface area contributed by atoms with Crippen LogP contribution in [0, 0.1) is 11.3 Å². The molecule has 1 saturated heterocycles. The van der Waals surface area contributed by atoms with E-state index in [9.17, 15) is 13.2 Å². The van der Waals surface area contributed by atoms with Crippen LogP contribution >= 0.6 is 11.8 Å². The van der Waals surface area contributed by atoms with Gasteiger partial charge in [-0.15, -0.1) is 11.8 Å². The summed E-state index contributed by atoms with van der Waals surface area (Å²) in [4.78, 5) is 14.6. The highest BCUT2D eigenvalue weighted by atomic mass is 32.2. The van der Waals surface area contributed by atoms with Crippen molar-refractivity contribution in [3.63, 3.8) is 0 Å². The van der Waals surface area contributed by atoms with Crippen LogP contribution in [0.5, 0.6) is 0 Å². The summed E-state index contributed by atoms with van der Waals surface area (Å²) in [6, 6.07) is 3.26. The molecule has 1 aliphatic heterocycles. The SMILES string of the molecule is N#Cc1ccc(S(=O)(=O)N2CSC[C@H]2C(=O)O)cn1. The van der Waals surface area contributed by atoms with Gasteiger partial charge in [0, 0.05) is 11.9 Å². The quantitative estimate of drug-likeness (QED) is 0.842. The number of carboxylic acids is 1. The topological polar surface area (TPSA) is 111 Å². The van der Waals surface area contributed by atoms with Crippen LogP contribution in [0.4, 0.5) is 0 Å². The Morgan fingerprint density at radius 2 is 2.32 bits per heavy atom. The lowest BCUT2D eigenvalue weighted by molar-refractivity contribution is -0.140. The normalized spacial score (nSPS) is 20.1. The number of pyridine rings is 1. The Bertz CT molecular complexity index is 636. The summed E-state index contributed by atoms with van der Waals surface area (Å²) in [5, 5.41) is 17.6. The Hall–Kier alpha value is -1.63. The minimum Gasteiger partial charge on any atom is -0.480 e. The second-order valence-electron chi connectivity index (χ2n) is 3.74. The first kappa shape index (κ1) is 13.8. The molecule has 0 bridgehead atoms. The summed E-state index contributed by atoms with van der Waals surface area (Å²) in [5.41, 5.74) is 0.101. The molecule has 2 rings (SSSR count). The lowest BCUT2D eigenvalue weighted by atomic mass is 10.4. The highest BCUT2D eigenvalue weighted by Crippen LogP contribution is 2.28. The summed E-state index contributed by atoms with van der Waals surface area (Å²) >= 11 is 1.24. The number of hydrogen-bond acceptors (Lipinski definition) is 6. The minimum absolute atomic E-state index is 0.0965.